The molecule has 0 aliphatic carbocycles. The molecule has 0 bridgehead atoms. The maximum Gasteiger partial charge on any atom is 0.266 e. The normalized spacial score (nSPS) is 13.6. The van der Waals surface area contributed by atoms with Gasteiger partial charge >= 0.3 is 0 Å². The molecule has 3 rings (SSSR count). The minimum Gasteiger partial charge on any atom is -0.494 e. The molecule has 0 spiro atoms. The molecule has 1 aliphatic heterocycles. The summed E-state index contributed by atoms with van der Waals surface area (Å²) in [7, 11) is 1.47. The molecule has 2 amide bonds. The summed E-state index contributed by atoms with van der Waals surface area (Å²) in [6, 6.07) is 10.0. The SMILES string of the molecule is COc1cc(Cl)c(C)cc1N1C(=O)c2ccccc2C1=O. The van der Waals surface area contributed by atoms with E-state index in [0.29, 0.717) is 27.6 Å². The van der Waals surface area contributed by atoms with Gasteiger partial charge in [0.05, 0.1) is 23.9 Å². The van der Waals surface area contributed by atoms with Crippen LogP contribution in [0.5, 0.6) is 5.75 Å². The number of carbonyl (C=O) groups excluding carboxylic acids is 2. The highest BCUT2D eigenvalue weighted by Crippen LogP contribution is 2.37. The molecular formula is C16H12ClNO3. The van der Waals surface area contributed by atoms with Crippen LogP contribution in [-0.4, -0.2) is 18.9 Å². The molecule has 0 unspecified atom stereocenters. The smallest absolute Gasteiger partial charge is 0.266 e. The van der Waals surface area contributed by atoms with E-state index in [0.717, 1.165) is 10.5 Å². The fourth-order valence-corrected chi connectivity index (χ4v) is 2.55. The van der Waals surface area contributed by atoms with Crippen molar-refractivity contribution >= 4 is 29.1 Å². The zero-order valence-corrected chi connectivity index (χ0v) is 12.3. The first-order valence-corrected chi connectivity index (χ1v) is 6.74. The highest BCUT2D eigenvalue weighted by atomic mass is 35.5. The molecule has 21 heavy (non-hydrogen) atoms. The fraction of sp³-hybridized carbons (Fsp3) is 0.125. The average molecular weight is 302 g/mol. The number of halogens is 1. The van der Waals surface area contributed by atoms with E-state index in [9.17, 15) is 9.59 Å². The molecule has 5 heteroatoms. The minimum atomic E-state index is -0.351. The first-order valence-electron chi connectivity index (χ1n) is 6.36. The number of anilines is 1. The minimum absolute atomic E-state index is 0.351. The van der Waals surface area contributed by atoms with E-state index in [1.807, 2.05) is 6.92 Å². The fourth-order valence-electron chi connectivity index (χ4n) is 2.39. The molecule has 0 fully saturated rings. The molecule has 2 aromatic rings. The van der Waals surface area contributed by atoms with Gasteiger partial charge in [0.2, 0.25) is 0 Å². The van der Waals surface area contributed by atoms with Crippen LogP contribution in [-0.2, 0) is 0 Å². The lowest BCUT2D eigenvalue weighted by Gasteiger charge is -2.18. The number of imide groups is 1. The molecule has 0 radical (unpaired) electrons. The Bertz CT molecular complexity index is 735. The van der Waals surface area contributed by atoms with Crippen molar-refractivity contribution in [3.63, 3.8) is 0 Å². The Labute approximate surface area is 126 Å². The van der Waals surface area contributed by atoms with E-state index >= 15 is 0 Å². The molecule has 0 aromatic heterocycles. The van der Waals surface area contributed by atoms with E-state index in [2.05, 4.69) is 0 Å². The number of benzene rings is 2. The summed E-state index contributed by atoms with van der Waals surface area (Å²) < 4.78 is 5.26. The van der Waals surface area contributed by atoms with Gasteiger partial charge in [-0.3, -0.25) is 9.59 Å². The Morgan fingerprint density at radius 3 is 2.14 bits per heavy atom. The van der Waals surface area contributed by atoms with Crippen LogP contribution >= 0.6 is 11.6 Å². The summed E-state index contributed by atoms with van der Waals surface area (Å²) in [6.45, 7) is 1.81. The number of hydrogen-bond donors (Lipinski definition) is 0. The number of ether oxygens (including phenoxy) is 1. The molecule has 1 aliphatic rings. The monoisotopic (exact) mass is 301 g/mol. The third kappa shape index (κ3) is 1.99. The van der Waals surface area contributed by atoms with Crippen molar-refractivity contribution in [2.75, 3.05) is 12.0 Å². The molecule has 1 heterocycles. The van der Waals surface area contributed by atoms with Gasteiger partial charge in [-0.25, -0.2) is 4.90 Å². The Hall–Kier alpha value is -2.33. The van der Waals surface area contributed by atoms with Gasteiger partial charge in [-0.1, -0.05) is 23.7 Å². The third-order valence-corrected chi connectivity index (χ3v) is 3.90. The molecule has 2 aromatic carbocycles. The van der Waals surface area contributed by atoms with Gasteiger partial charge in [0, 0.05) is 11.1 Å². The summed E-state index contributed by atoms with van der Waals surface area (Å²) in [5.41, 5.74) is 1.98. The molecule has 106 valence electrons. The number of hydrogen-bond acceptors (Lipinski definition) is 3. The second kappa shape index (κ2) is 4.90. The van der Waals surface area contributed by atoms with Crippen LogP contribution < -0.4 is 9.64 Å². The van der Waals surface area contributed by atoms with Crippen LogP contribution in [0.4, 0.5) is 5.69 Å². The van der Waals surface area contributed by atoms with Gasteiger partial charge in [-0.15, -0.1) is 0 Å². The number of carbonyl (C=O) groups is 2. The van der Waals surface area contributed by atoms with Crippen LogP contribution in [0.1, 0.15) is 26.3 Å². The summed E-state index contributed by atoms with van der Waals surface area (Å²) in [5, 5.41) is 0.521. The van der Waals surface area contributed by atoms with E-state index < -0.39 is 0 Å². The van der Waals surface area contributed by atoms with Crippen molar-refractivity contribution in [2.45, 2.75) is 6.92 Å². The molecule has 4 nitrogen and oxygen atoms in total. The Balaban J connectivity index is 2.17. The van der Waals surface area contributed by atoms with Crippen molar-refractivity contribution in [2.24, 2.45) is 0 Å². The average Bonchev–Trinajstić information content (AvgIpc) is 2.74. The van der Waals surface area contributed by atoms with Gasteiger partial charge in [0.15, 0.2) is 0 Å². The Morgan fingerprint density at radius 1 is 1.05 bits per heavy atom. The lowest BCUT2D eigenvalue weighted by atomic mass is 10.1. The molecule has 0 saturated carbocycles. The van der Waals surface area contributed by atoms with E-state index in [-0.39, 0.29) is 11.8 Å². The van der Waals surface area contributed by atoms with Gasteiger partial charge in [0.25, 0.3) is 11.8 Å². The summed E-state index contributed by atoms with van der Waals surface area (Å²) in [6.07, 6.45) is 0. The van der Waals surface area contributed by atoms with Crippen LogP contribution in [0.2, 0.25) is 5.02 Å². The van der Waals surface area contributed by atoms with Crippen molar-refractivity contribution in [3.05, 3.63) is 58.1 Å². The van der Waals surface area contributed by atoms with Crippen LogP contribution in [0.15, 0.2) is 36.4 Å². The van der Waals surface area contributed by atoms with Crippen molar-refractivity contribution in [3.8, 4) is 5.75 Å². The topological polar surface area (TPSA) is 46.6 Å². The van der Waals surface area contributed by atoms with Crippen LogP contribution in [0.3, 0.4) is 0 Å². The zero-order valence-electron chi connectivity index (χ0n) is 11.5. The second-order valence-electron chi connectivity index (χ2n) is 4.76. The lowest BCUT2D eigenvalue weighted by molar-refractivity contribution is 0.0925. The van der Waals surface area contributed by atoms with E-state index in [1.54, 1.807) is 36.4 Å². The Kier molecular flexibility index (Phi) is 3.18. The first-order chi connectivity index (χ1) is 10.0. The summed E-state index contributed by atoms with van der Waals surface area (Å²) >= 11 is 6.06. The summed E-state index contributed by atoms with van der Waals surface area (Å²) in [5.74, 6) is -0.314. The third-order valence-electron chi connectivity index (χ3n) is 3.50. The highest BCUT2D eigenvalue weighted by Gasteiger charge is 2.37. The maximum absolute atomic E-state index is 12.5. The van der Waals surface area contributed by atoms with Gasteiger partial charge in [-0.2, -0.15) is 0 Å². The molecule has 0 N–H and O–H groups in total. The predicted molar refractivity (Wildman–Crippen MR) is 80.3 cm³/mol. The van der Waals surface area contributed by atoms with E-state index in [4.69, 9.17) is 16.3 Å². The van der Waals surface area contributed by atoms with Gasteiger partial charge < -0.3 is 4.74 Å². The van der Waals surface area contributed by atoms with Crippen molar-refractivity contribution < 1.29 is 14.3 Å². The standard InChI is InChI=1S/C16H12ClNO3/c1-9-7-13(14(21-2)8-12(9)17)18-15(19)10-5-3-4-6-11(10)16(18)20/h3-8H,1-2H3. The van der Waals surface area contributed by atoms with Crippen LogP contribution in [0, 0.1) is 6.92 Å². The number of aryl methyl sites for hydroxylation is 1. The molecule has 0 saturated heterocycles. The number of rotatable bonds is 2. The van der Waals surface area contributed by atoms with E-state index in [1.165, 1.54) is 7.11 Å². The first kappa shape index (κ1) is 13.6. The van der Waals surface area contributed by atoms with Gasteiger partial charge in [0.1, 0.15) is 5.75 Å². The van der Waals surface area contributed by atoms with Crippen molar-refractivity contribution in [1.29, 1.82) is 0 Å². The molecule has 0 atom stereocenters. The number of methoxy groups -OCH3 is 1. The quantitative estimate of drug-likeness (QED) is 0.798. The Morgan fingerprint density at radius 2 is 1.62 bits per heavy atom. The highest BCUT2D eigenvalue weighted by molar-refractivity contribution is 6.35. The number of fused-ring (bicyclic) bond motifs is 1. The zero-order chi connectivity index (χ0) is 15.1. The predicted octanol–water partition coefficient (Wildman–Crippen LogP) is 3.46. The van der Waals surface area contributed by atoms with Crippen LogP contribution in [0.25, 0.3) is 0 Å². The lowest BCUT2D eigenvalue weighted by Crippen LogP contribution is -2.29. The maximum atomic E-state index is 12.5. The number of nitrogens with zero attached hydrogens (tertiary/aromatic N) is 1. The second-order valence-corrected chi connectivity index (χ2v) is 5.17. The van der Waals surface area contributed by atoms with Gasteiger partial charge in [-0.05, 0) is 30.7 Å². The molecular weight excluding hydrogens is 290 g/mol. The van der Waals surface area contributed by atoms with Crippen molar-refractivity contribution in [1.82, 2.24) is 0 Å². The summed E-state index contributed by atoms with van der Waals surface area (Å²) in [4.78, 5) is 26.1. The number of amides is 2. The largest absolute Gasteiger partial charge is 0.494 e.